The van der Waals surface area contributed by atoms with E-state index in [0.717, 1.165) is 12.1 Å². The summed E-state index contributed by atoms with van der Waals surface area (Å²) in [4.78, 5) is 46.3. The molecule has 204 valence electrons. The minimum absolute atomic E-state index is 0. The van der Waals surface area contributed by atoms with Crippen LogP contribution >= 0.6 is 0 Å². The summed E-state index contributed by atoms with van der Waals surface area (Å²) in [5.74, 6) is -6.01. The van der Waals surface area contributed by atoms with E-state index in [4.69, 9.17) is 28.8 Å². The van der Waals surface area contributed by atoms with Crippen molar-refractivity contribution in [3.05, 3.63) is 34.7 Å². The largest absolute Gasteiger partial charge is 0.481 e. The van der Waals surface area contributed by atoms with Crippen LogP contribution in [0.4, 0.5) is 0 Å². The molecule has 1 aliphatic rings. The summed E-state index contributed by atoms with van der Waals surface area (Å²) in [6.45, 7) is -0.757. The first-order valence-electron chi connectivity index (χ1n) is 10.3. The maximum Gasteiger partial charge on any atom is 0.336 e. The Morgan fingerprint density at radius 2 is 1.65 bits per heavy atom. The fourth-order valence-corrected chi connectivity index (χ4v) is 3.40. The fraction of sp³-hybridized carbons (Fsp3) is 0.429. The van der Waals surface area contributed by atoms with E-state index in [0.29, 0.717) is 0 Å². The molecule has 1 unspecified atom stereocenters. The van der Waals surface area contributed by atoms with Gasteiger partial charge >= 0.3 is 23.5 Å². The number of esters is 1. The molecule has 16 heteroatoms. The van der Waals surface area contributed by atoms with Gasteiger partial charge in [-0.15, -0.1) is 0 Å². The zero-order chi connectivity index (χ0) is 26.8. The summed E-state index contributed by atoms with van der Waals surface area (Å²) in [5.41, 5.74) is -3.90. The molecular weight excluding hydrogens is 548 g/mol. The van der Waals surface area contributed by atoms with Gasteiger partial charge in [-0.1, -0.05) is 0 Å². The van der Waals surface area contributed by atoms with Gasteiger partial charge in [0.1, 0.15) is 30.0 Å². The molecule has 1 aromatic heterocycles. The van der Waals surface area contributed by atoms with E-state index >= 15 is 0 Å². The number of rotatable bonds is 9. The number of hydrogen-bond donors (Lipinski definition) is 7. The quantitative estimate of drug-likeness (QED) is 0.0716. The molecule has 3 rings (SSSR count). The molecule has 1 aliphatic heterocycles. The van der Waals surface area contributed by atoms with Gasteiger partial charge in [-0.25, -0.2) is 9.59 Å². The van der Waals surface area contributed by atoms with Crippen LogP contribution in [0.15, 0.2) is 33.5 Å². The van der Waals surface area contributed by atoms with Crippen LogP contribution in [0.25, 0.3) is 11.0 Å². The number of hydrogen-bond acceptors (Lipinski definition) is 13. The third-order valence-corrected chi connectivity index (χ3v) is 5.28. The third kappa shape index (κ3) is 6.82. The maximum absolute atomic E-state index is 12.4. The second-order valence-corrected chi connectivity index (χ2v) is 7.96. The molecule has 7 N–H and O–H groups in total. The standard InChI is InChI=1S/C21H22O15.Fe/c22-7-12-16(27)17(28)18(29)19(36-12)35-10-3-8-1-2-14(25)33-9(8)4-11(10)34-15(26)6-21(32,20(30)31)5-13(23)24;/h1-4,12,16-19,22,27-29,32H,5-7H2,(H,23,24)(H,30,31);/t12-,16-,17+,18-,19-,21?;/m1./s1. The summed E-state index contributed by atoms with van der Waals surface area (Å²) in [5, 5.41) is 67.8. The van der Waals surface area contributed by atoms with E-state index in [1.54, 1.807) is 0 Å². The Morgan fingerprint density at radius 3 is 2.24 bits per heavy atom. The topological polar surface area (TPSA) is 251 Å². The average Bonchev–Trinajstić information content (AvgIpc) is 2.79. The van der Waals surface area contributed by atoms with E-state index in [1.807, 2.05) is 0 Å². The molecule has 1 fully saturated rings. The van der Waals surface area contributed by atoms with E-state index in [1.165, 1.54) is 12.1 Å². The van der Waals surface area contributed by atoms with Crippen LogP contribution in [-0.2, 0) is 36.2 Å². The minimum atomic E-state index is -3.01. The second kappa shape index (κ2) is 12.0. The van der Waals surface area contributed by atoms with Crippen LogP contribution in [0, 0.1) is 0 Å². The Kier molecular flexibility index (Phi) is 9.76. The number of fused-ring (bicyclic) bond motifs is 1. The summed E-state index contributed by atoms with van der Waals surface area (Å²) < 4.78 is 20.8. The van der Waals surface area contributed by atoms with Crippen LogP contribution in [0.1, 0.15) is 12.8 Å². The number of carbonyl (C=O) groups is 3. The maximum atomic E-state index is 12.4. The second-order valence-electron chi connectivity index (χ2n) is 7.96. The smallest absolute Gasteiger partial charge is 0.336 e. The number of carboxylic acids is 2. The first-order chi connectivity index (χ1) is 16.8. The Hall–Kier alpha value is -3.08. The molecule has 0 aliphatic carbocycles. The van der Waals surface area contributed by atoms with E-state index in [9.17, 15) is 44.7 Å². The van der Waals surface area contributed by atoms with Gasteiger partial charge in [0.2, 0.25) is 6.29 Å². The van der Waals surface area contributed by atoms with Crippen molar-refractivity contribution in [1.82, 2.24) is 0 Å². The predicted molar refractivity (Wildman–Crippen MR) is 112 cm³/mol. The Labute approximate surface area is 216 Å². The van der Waals surface area contributed by atoms with E-state index in [-0.39, 0.29) is 33.8 Å². The van der Waals surface area contributed by atoms with Gasteiger partial charge < -0.3 is 54.4 Å². The number of ether oxygens (including phenoxy) is 3. The van der Waals surface area contributed by atoms with Gasteiger partial charge in [-0.05, 0) is 12.1 Å². The van der Waals surface area contributed by atoms with E-state index in [2.05, 4.69) is 0 Å². The van der Waals surface area contributed by atoms with Crippen molar-refractivity contribution >= 4 is 28.9 Å². The van der Waals surface area contributed by atoms with Gasteiger partial charge in [0.05, 0.1) is 19.4 Å². The number of aliphatic carboxylic acids is 2. The number of carboxylic acid groups (broad SMARTS) is 2. The molecule has 15 nitrogen and oxygen atoms in total. The average molecular weight is 570 g/mol. The zero-order valence-electron chi connectivity index (χ0n) is 18.6. The van der Waals surface area contributed by atoms with Crippen LogP contribution < -0.4 is 15.1 Å². The molecular formula is C21H22FeO15. The van der Waals surface area contributed by atoms with Crippen molar-refractivity contribution in [3.8, 4) is 11.5 Å². The number of aliphatic hydroxyl groups is 5. The molecule has 2 heterocycles. The number of aliphatic hydroxyl groups excluding tert-OH is 4. The summed E-state index contributed by atoms with van der Waals surface area (Å²) in [6, 6.07) is 4.53. The molecule has 1 saturated heterocycles. The Bertz CT molecular complexity index is 1210. The van der Waals surface area contributed by atoms with Crippen molar-refractivity contribution in [2.24, 2.45) is 0 Å². The monoisotopic (exact) mass is 570 g/mol. The Balaban J connectivity index is 0.00000481. The van der Waals surface area contributed by atoms with Gasteiger partial charge in [-0.3, -0.25) is 9.59 Å². The van der Waals surface area contributed by atoms with Crippen molar-refractivity contribution in [2.45, 2.75) is 49.1 Å². The Morgan fingerprint density at radius 1 is 0.973 bits per heavy atom. The zero-order valence-corrected chi connectivity index (χ0v) is 19.7. The predicted octanol–water partition coefficient (Wildman–Crippen LogP) is -2.44. The molecule has 2 aromatic rings. The molecule has 0 bridgehead atoms. The van der Waals surface area contributed by atoms with Crippen LogP contribution in [0.3, 0.4) is 0 Å². The van der Waals surface area contributed by atoms with Gasteiger partial charge in [0.15, 0.2) is 17.1 Å². The molecule has 6 atom stereocenters. The summed E-state index contributed by atoms with van der Waals surface area (Å²) >= 11 is 0. The summed E-state index contributed by atoms with van der Waals surface area (Å²) in [6.07, 6.45) is -11.0. The molecule has 1 aromatic carbocycles. The first kappa shape index (κ1) is 30.1. The van der Waals surface area contributed by atoms with Gasteiger partial charge in [0, 0.05) is 34.6 Å². The first-order valence-corrected chi connectivity index (χ1v) is 10.3. The number of benzene rings is 1. The minimum Gasteiger partial charge on any atom is -0.481 e. The molecule has 0 amide bonds. The third-order valence-electron chi connectivity index (χ3n) is 5.28. The SMILES string of the molecule is O=C(O)CC(O)(CC(=O)Oc1cc2oc(=O)ccc2cc1O[C@@H]1O[C@H](CO)[C@@H](O)[C@H](O)[C@H]1O)C(=O)O.[Fe]. The van der Waals surface area contributed by atoms with Crippen molar-refractivity contribution in [3.63, 3.8) is 0 Å². The molecule has 0 radical (unpaired) electrons. The normalized spacial score (nSPS) is 24.9. The van der Waals surface area contributed by atoms with Crippen molar-refractivity contribution in [1.29, 1.82) is 0 Å². The van der Waals surface area contributed by atoms with E-state index < -0.39 is 85.0 Å². The van der Waals surface area contributed by atoms with Gasteiger partial charge in [0.25, 0.3) is 0 Å². The van der Waals surface area contributed by atoms with Crippen molar-refractivity contribution < 1.29 is 85.8 Å². The van der Waals surface area contributed by atoms with Crippen LogP contribution in [-0.4, -0.2) is 96.6 Å². The number of carbonyl (C=O) groups excluding carboxylic acids is 1. The fourth-order valence-electron chi connectivity index (χ4n) is 3.40. The molecule has 37 heavy (non-hydrogen) atoms. The van der Waals surface area contributed by atoms with Gasteiger partial charge in [-0.2, -0.15) is 0 Å². The van der Waals surface area contributed by atoms with Crippen LogP contribution in [0.5, 0.6) is 11.5 Å². The van der Waals surface area contributed by atoms with Crippen molar-refractivity contribution in [2.75, 3.05) is 6.61 Å². The molecule has 0 saturated carbocycles. The molecule has 0 spiro atoms. The summed E-state index contributed by atoms with van der Waals surface area (Å²) in [7, 11) is 0. The van der Waals surface area contributed by atoms with Crippen LogP contribution in [0.2, 0.25) is 0 Å².